The van der Waals surface area contributed by atoms with Gasteiger partial charge in [0.1, 0.15) is 0 Å². The van der Waals surface area contributed by atoms with Crippen molar-refractivity contribution in [2.75, 3.05) is 0 Å². The number of carboxylic acid groups (broad SMARTS) is 1. The molecule has 0 bridgehead atoms. The highest BCUT2D eigenvalue weighted by molar-refractivity contribution is 5.74. The van der Waals surface area contributed by atoms with Crippen molar-refractivity contribution in [3.8, 4) is 0 Å². The van der Waals surface area contributed by atoms with Crippen molar-refractivity contribution in [3.05, 3.63) is 35.9 Å². The Morgan fingerprint density at radius 3 is 2.26 bits per heavy atom. The molecule has 2 aliphatic carbocycles. The van der Waals surface area contributed by atoms with Crippen LogP contribution in [0.15, 0.2) is 30.3 Å². The van der Waals surface area contributed by atoms with Crippen LogP contribution in [0.25, 0.3) is 0 Å². The van der Waals surface area contributed by atoms with E-state index in [1.807, 2.05) is 6.07 Å². The van der Waals surface area contributed by atoms with Crippen LogP contribution in [0.5, 0.6) is 0 Å². The van der Waals surface area contributed by atoms with E-state index in [1.165, 1.54) is 18.4 Å². The van der Waals surface area contributed by atoms with Gasteiger partial charge in [0.2, 0.25) is 0 Å². The molecule has 2 saturated carbocycles. The molecule has 2 heteroatoms. The predicted octanol–water partition coefficient (Wildman–Crippen LogP) is 4.22. The van der Waals surface area contributed by atoms with Gasteiger partial charge in [-0.3, -0.25) is 4.79 Å². The topological polar surface area (TPSA) is 37.3 Å². The first-order valence-electron chi connectivity index (χ1n) is 7.48. The summed E-state index contributed by atoms with van der Waals surface area (Å²) in [6.45, 7) is 0. The quantitative estimate of drug-likeness (QED) is 0.878. The highest BCUT2D eigenvalue weighted by Gasteiger charge is 2.45. The van der Waals surface area contributed by atoms with Gasteiger partial charge in [0.25, 0.3) is 0 Å². The molecule has 1 aromatic carbocycles. The van der Waals surface area contributed by atoms with Crippen molar-refractivity contribution in [1.29, 1.82) is 0 Å². The van der Waals surface area contributed by atoms with Crippen LogP contribution in [0.3, 0.4) is 0 Å². The minimum atomic E-state index is -0.550. The Bertz CT molecular complexity index is 440. The first-order valence-corrected chi connectivity index (χ1v) is 7.48. The molecule has 0 atom stereocenters. The molecule has 1 aromatic rings. The molecular formula is C17H22O2. The molecule has 0 aliphatic heterocycles. The van der Waals surface area contributed by atoms with E-state index in [0.29, 0.717) is 11.8 Å². The second-order valence-electron chi connectivity index (χ2n) is 6.42. The number of carbonyl (C=O) groups is 1. The molecule has 0 heterocycles. The second-order valence-corrected chi connectivity index (χ2v) is 6.42. The van der Waals surface area contributed by atoms with Crippen LogP contribution in [0, 0.1) is 11.3 Å². The van der Waals surface area contributed by atoms with E-state index in [9.17, 15) is 9.90 Å². The largest absolute Gasteiger partial charge is 0.481 e. The van der Waals surface area contributed by atoms with Crippen LogP contribution in [0.4, 0.5) is 0 Å². The average molecular weight is 258 g/mol. The molecule has 1 N–H and O–H groups in total. The zero-order valence-electron chi connectivity index (χ0n) is 11.3. The predicted molar refractivity (Wildman–Crippen MR) is 75.1 cm³/mol. The molecule has 0 spiro atoms. The van der Waals surface area contributed by atoms with E-state index in [4.69, 9.17) is 0 Å². The van der Waals surface area contributed by atoms with E-state index in [1.54, 1.807) is 0 Å². The summed E-state index contributed by atoms with van der Waals surface area (Å²) in [5, 5.41) is 9.62. The first kappa shape index (κ1) is 12.7. The van der Waals surface area contributed by atoms with Crippen molar-refractivity contribution in [3.63, 3.8) is 0 Å². The van der Waals surface area contributed by atoms with Crippen molar-refractivity contribution in [2.45, 2.75) is 50.9 Å². The summed E-state index contributed by atoms with van der Waals surface area (Å²) >= 11 is 0. The van der Waals surface area contributed by atoms with E-state index >= 15 is 0 Å². The fraction of sp³-hybridized carbons (Fsp3) is 0.588. The van der Waals surface area contributed by atoms with Crippen LogP contribution in [0.1, 0.15) is 56.4 Å². The molecule has 3 rings (SSSR count). The van der Waals surface area contributed by atoms with Crippen molar-refractivity contribution >= 4 is 5.97 Å². The number of carboxylic acids is 1. The van der Waals surface area contributed by atoms with Gasteiger partial charge in [-0.05, 0) is 49.5 Å². The van der Waals surface area contributed by atoms with Crippen LogP contribution in [-0.2, 0) is 4.79 Å². The molecule has 0 aromatic heterocycles. The van der Waals surface area contributed by atoms with E-state index in [0.717, 1.165) is 32.1 Å². The highest BCUT2D eigenvalue weighted by atomic mass is 16.4. The van der Waals surface area contributed by atoms with Crippen molar-refractivity contribution < 1.29 is 9.90 Å². The molecule has 0 saturated heterocycles. The summed E-state index contributed by atoms with van der Waals surface area (Å²) in [5.74, 6) is 0.711. The second kappa shape index (κ2) is 4.99. The molecule has 2 nitrogen and oxygen atoms in total. The summed E-state index contributed by atoms with van der Waals surface area (Å²) < 4.78 is 0. The zero-order valence-corrected chi connectivity index (χ0v) is 11.3. The lowest BCUT2D eigenvalue weighted by Gasteiger charge is -2.37. The van der Waals surface area contributed by atoms with E-state index < -0.39 is 11.4 Å². The van der Waals surface area contributed by atoms with Gasteiger partial charge in [-0.1, -0.05) is 43.2 Å². The van der Waals surface area contributed by atoms with Crippen LogP contribution in [0.2, 0.25) is 0 Å². The fourth-order valence-electron chi connectivity index (χ4n) is 3.61. The van der Waals surface area contributed by atoms with Gasteiger partial charge in [0, 0.05) is 0 Å². The third-order valence-electron chi connectivity index (χ3n) is 5.04. The molecule has 2 fully saturated rings. The third kappa shape index (κ3) is 2.68. The SMILES string of the molecule is O=C(O)C1(CC2CC2)CCC(c2ccccc2)CC1. The maximum absolute atomic E-state index is 11.7. The van der Waals surface area contributed by atoms with Crippen LogP contribution < -0.4 is 0 Å². The number of benzene rings is 1. The van der Waals surface area contributed by atoms with Gasteiger partial charge >= 0.3 is 5.97 Å². The van der Waals surface area contributed by atoms with E-state index in [2.05, 4.69) is 24.3 Å². The summed E-state index contributed by atoms with van der Waals surface area (Å²) in [7, 11) is 0. The number of aliphatic carboxylic acids is 1. The van der Waals surface area contributed by atoms with Gasteiger partial charge in [-0.15, -0.1) is 0 Å². The van der Waals surface area contributed by atoms with Gasteiger partial charge in [-0.25, -0.2) is 0 Å². The Hall–Kier alpha value is -1.31. The van der Waals surface area contributed by atoms with Crippen molar-refractivity contribution in [2.24, 2.45) is 11.3 Å². The first-order chi connectivity index (χ1) is 9.20. The standard InChI is InChI=1S/C17H22O2/c18-16(19)17(12-13-6-7-13)10-8-15(9-11-17)14-4-2-1-3-5-14/h1-5,13,15H,6-12H2,(H,18,19). The maximum atomic E-state index is 11.7. The Morgan fingerprint density at radius 1 is 1.11 bits per heavy atom. The summed E-state index contributed by atoms with van der Waals surface area (Å²) in [6, 6.07) is 10.6. The maximum Gasteiger partial charge on any atom is 0.309 e. The Morgan fingerprint density at radius 2 is 1.74 bits per heavy atom. The average Bonchev–Trinajstić information content (AvgIpc) is 3.24. The fourth-order valence-corrected chi connectivity index (χ4v) is 3.61. The lowest BCUT2D eigenvalue weighted by molar-refractivity contribution is -0.152. The summed E-state index contributed by atoms with van der Waals surface area (Å²) in [5.41, 5.74) is 0.972. The molecule has 0 amide bonds. The Balaban J connectivity index is 1.68. The van der Waals surface area contributed by atoms with Gasteiger partial charge in [-0.2, -0.15) is 0 Å². The zero-order chi connectivity index (χ0) is 13.3. The van der Waals surface area contributed by atoms with Crippen LogP contribution in [-0.4, -0.2) is 11.1 Å². The van der Waals surface area contributed by atoms with Gasteiger partial charge in [0.15, 0.2) is 0 Å². The monoisotopic (exact) mass is 258 g/mol. The Kier molecular flexibility index (Phi) is 3.34. The Labute approximate surface area is 114 Å². The normalized spacial score (nSPS) is 31.1. The third-order valence-corrected chi connectivity index (χ3v) is 5.04. The number of hydrogen-bond acceptors (Lipinski definition) is 1. The number of hydrogen-bond donors (Lipinski definition) is 1. The highest BCUT2D eigenvalue weighted by Crippen LogP contribution is 2.50. The molecule has 0 unspecified atom stereocenters. The molecular weight excluding hydrogens is 236 g/mol. The number of rotatable bonds is 4. The van der Waals surface area contributed by atoms with E-state index in [-0.39, 0.29) is 0 Å². The van der Waals surface area contributed by atoms with Gasteiger partial charge < -0.3 is 5.11 Å². The minimum Gasteiger partial charge on any atom is -0.481 e. The molecule has 19 heavy (non-hydrogen) atoms. The smallest absolute Gasteiger partial charge is 0.309 e. The summed E-state index contributed by atoms with van der Waals surface area (Å²) in [6.07, 6.45) is 7.20. The molecule has 2 aliphatic rings. The molecule has 0 radical (unpaired) electrons. The lowest BCUT2D eigenvalue weighted by atomic mass is 9.66. The van der Waals surface area contributed by atoms with Crippen LogP contribution >= 0.6 is 0 Å². The van der Waals surface area contributed by atoms with Gasteiger partial charge in [0.05, 0.1) is 5.41 Å². The molecule has 102 valence electrons. The van der Waals surface area contributed by atoms with Crippen molar-refractivity contribution in [1.82, 2.24) is 0 Å². The minimum absolute atomic E-state index is 0.410. The summed E-state index contributed by atoms with van der Waals surface area (Å²) in [4.78, 5) is 11.7. The lowest BCUT2D eigenvalue weighted by Crippen LogP contribution is -2.35.